The minimum absolute atomic E-state index is 0.535. The first-order valence-corrected chi connectivity index (χ1v) is 6.49. The van der Waals surface area contributed by atoms with Gasteiger partial charge in [0, 0.05) is 31.0 Å². The molecule has 1 aromatic heterocycles. The number of aromatic nitrogens is 2. The Hall–Kier alpha value is -0.830. The molecule has 2 aliphatic heterocycles. The van der Waals surface area contributed by atoms with Gasteiger partial charge in [-0.3, -0.25) is 0 Å². The molecule has 3 heteroatoms. The molecule has 16 heavy (non-hydrogen) atoms. The molecule has 3 heterocycles. The van der Waals surface area contributed by atoms with Crippen LogP contribution < -0.4 is 0 Å². The Labute approximate surface area is 96.8 Å². The second kappa shape index (κ2) is 4.21. The number of nitrogens with zero attached hydrogens (tertiary/aromatic N) is 2. The summed E-state index contributed by atoms with van der Waals surface area (Å²) in [6, 6.07) is 0. The van der Waals surface area contributed by atoms with Gasteiger partial charge in [-0.05, 0) is 31.6 Å². The van der Waals surface area contributed by atoms with Crippen LogP contribution in [0.15, 0.2) is 6.20 Å². The molecular weight excluding hydrogens is 200 g/mol. The lowest BCUT2D eigenvalue weighted by Gasteiger charge is -2.26. The van der Waals surface area contributed by atoms with Crippen molar-refractivity contribution in [1.29, 1.82) is 0 Å². The summed E-state index contributed by atoms with van der Waals surface area (Å²) in [5.41, 5.74) is 1.44. The molecule has 0 N–H and O–H groups in total. The highest BCUT2D eigenvalue weighted by atomic mass is 16.5. The number of imidazole rings is 1. The van der Waals surface area contributed by atoms with E-state index in [1.54, 1.807) is 0 Å². The van der Waals surface area contributed by atoms with Gasteiger partial charge in [0.2, 0.25) is 0 Å². The van der Waals surface area contributed by atoms with Gasteiger partial charge in [-0.2, -0.15) is 0 Å². The zero-order valence-electron chi connectivity index (χ0n) is 9.98. The molecule has 0 aliphatic carbocycles. The topological polar surface area (TPSA) is 27.1 Å². The van der Waals surface area contributed by atoms with Crippen molar-refractivity contribution in [2.45, 2.75) is 51.0 Å². The first-order chi connectivity index (χ1) is 7.86. The van der Waals surface area contributed by atoms with Crippen molar-refractivity contribution in [2.75, 3.05) is 13.2 Å². The van der Waals surface area contributed by atoms with Crippen LogP contribution in [0.25, 0.3) is 0 Å². The van der Waals surface area contributed by atoms with Gasteiger partial charge in [-0.15, -0.1) is 0 Å². The lowest BCUT2D eigenvalue weighted by molar-refractivity contribution is 0.0767. The molecule has 2 unspecified atom stereocenters. The number of rotatable bonds is 1. The van der Waals surface area contributed by atoms with Crippen LogP contribution in [0.5, 0.6) is 0 Å². The fourth-order valence-electron chi connectivity index (χ4n) is 3.01. The average Bonchev–Trinajstić information content (AvgIpc) is 2.75. The van der Waals surface area contributed by atoms with Crippen molar-refractivity contribution in [1.82, 2.24) is 9.55 Å². The van der Waals surface area contributed by atoms with E-state index in [1.807, 2.05) is 0 Å². The van der Waals surface area contributed by atoms with Gasteiger partial charge in [0.25, 0.3) is 0 Å². The molecule has 88 valence electrons. The highest BCUT2D eigenvalue weighted by Crippen LogP contribution is 2.32. The molecule has 3 rings (SSSR count). The SMILES string of the molecule is CC1CCCn2c1cnc2C1CCCOC1. The van der Waals surface area contributed by atoms with E-state index in [0.717, 1.165) is 19.8 Å². The molecule has 1 saturated heterocycles. The maximum absolute atomic E-state index is 5.57. The van der Waals surface area contributed by atoms with Crippen LogP contribution in [-0.4, -0.2) is 22.8 Å². The van der Waals surface area contributed by atoms with Gasteiger partial charge in [0.05, 0.1) is 6.61 Å². The van der Waals surface area contributed by atoms with Crippen LogP contribution in [0.4, 0.5) is 0 Å². The largest absolute Gasteiger partial charge is 0.381 e. The summed E-state index contributed by atoms with van der Waals surface area (Å²) in [5, 5.41) is 0. The maximum Gasteiger partial charge on any atom is 0.114 e. The molecule has 0 aromatic carbocycles. The first-order valence-electron chi connectivity index (χ1n) is 6.49. The molecule has 0 spiro atoms. The summed E-state index contributed by atoms with van der Waals surface area (Å²) in [7, 11) is 0. The molecule has 0 bridgehead atoms. The zero-order valence-corrected chi connectivity index (χ0v) is 9.98. The Bertz CT molecular complexity index is 366. The van der Waals surface area contributed by atoms with Gasteiger partial charge in [0.15, 0.2) is 0 Å². The van der Waals surface area contributed by atoms with Gasteiger partial charge < -0.3 is 9.30 Å². The molecular formula is C13H20N2O. The maximum atomic E-state index is 5.57. The molecule has 1 fully saturated rings. The van der Waals surface area contributed by atoms with Gasteiger partial charge in [0.1, 0.15) is 5.82 Å². The smallest absolute Gasteiger partial charge is 0.114 e. The third kappa shape index (κ3) is 1.67. The third-order valence-corrected chi connectivity index (χ3v) is 3.97. The molecule has 1 aromatic rings. The predicted octanol–water partition coefficient (Wildman–Crippen LogP) is 2.67. The van der Waals surface area contributed by atoms with Crippen LogP contribution in [0.1, 0.15) is 56.0 Å². The van der Waals surface area contributed by atoms with E-state index in [-0.39, 0.29) is 0 Å². The van der Waals surface area contributed by atoms with Crippen LogP contribution in [0.3, 0.4) is 0 Å². The standard InChI is InChI=1S/C13H20N2O/c1-10-4-2-6-15-12(10)8-14-13(15)11-5-3-7-16-9-11/h8,10-11H,2-7,9H2,1H3. The van der Waals surface area contributed by atoms with Crippen molar-refractivity contribution in [2.24, 2.45) is 0 Å². The van der Waals surface area contributed by atoms with Gasteiger partial charge in [-0.25, -0.2) is 4.98 Å². The monoisotopic (exact) mass is 220 g/mol. The summed E-state index contributed by atoms with van der Waals surface area (Å²) in [6.07, 6.45) is 7.12. The normalized spacial score (nSPS) is 30.1. The van der Waals surface area contributed by atoms with Crippen molar-refractivity contribution < 1.29 is 4.74 Å². The Morgan fingerprint density at radius 2 is 2.31 bits per heavy atom. The van der Waals surface area contributed by atoms with E-state index < -0.39 is 0 Å². The third-order valence-electron chi connectivity index (χ3n) is 3.97. The van der Waals surface area contributed by atoms with Crippen LogP contribution in [0, 0.1) is 0 Å². The summed E-state index contributed by atoms with van der Waals surface area (Å²) in [6.45, 7) is 5.27. The fourth-order valence-corrected chi connectivity index (χ4v) is 3.01. The first kappa shape index (κ1) is 10.3. The van der Waals surface area contributed by atoms with Crippen LogP contribution in [-0.2, 0) is 11.3 Å². The second-order valence-corrected chi connectivity index (χ2v) is 5.15. The van der Waals surface area contributed by atoms with Crippen LogP contribution in [0.2, 0.25) is 0 Å². The second-order valence-electron chi connectivity index (χ2n) is 5.15. The van der Waals surface area contributed by atoms with Crippen molar-refractivity contribution in [3.05, 3.63) is 17.7 Å². The van der Waals surface area contributed by atoms with Crippen LogP contribution >= 0.6 is 0 Å². The summed E-state index contributed by atoms with van der Waals surface area (Å²) in [4.78, 5) is 4.65. The highest BCUT2D eigenvalue weighted by molar-refractivity contribution is 5.15. The molecule has 0 radical (unpaired) electrons. The molecule has 2 atom stereocenters. The number of ether oxygens (including phenoxy) is 1. The van der Waals surface area contributed by atoms with Crippen molar-refractivity contribution in [3.8, 4) is 0 Å². The molecule has 0 saturated carbocycles. The molecule has 2 aliphatic rings. The summed E-state index contributed by atoms with van der Waals surface area (Å²) >= 11 is 0. The fraction of sp³-hybridized carbons (Fsp3) is 0.769. The van der Waals surface area contributed by atoms with Crippen molar-refractivity contribution in [3.63, 3.8) is 0 Å². The van der Waals surface area contributed by atoms with E-state index in [9.17, 15) is 0 Å². The van der Waals surface area contributed by atoms with E-state index in [4.69, 9.17) is 4.74 Å². The van der Waals surface area contributed by atoms with E-state index >= 15 is 0 Å². The van der Waals surface area contributed by atoms with Gasteiger partial charge >= 0.3 is 0 Å². The minimum Gasteiger partial charge on any atom is -0.381 e. The van der Waals surface area contributed by atoms with E-state index in [0.29, 0.717) is 11.8 Å². The van der Waals surface area contributed by atoms with E-state index in [1.165, 1.54) is 37.2 Å². The Kier molecular flexibility index (Phi) is 2.72. The molecule has 3 nitrogen and oxygen atoms in total. The number of fused-ring (bicyclic) bond motifs is 1. The van der Waals surface area contributed by atoms with Crippen molar-refractivity contribution >= 4 is 0 Å². The minimum atomic E-state index is 0.535. The highest BCUT2D eigenvalue weighted by Gasteiger charge is 2.25. The average molecular weight is 220 g/mol. The number of hydrogen-bond donors (Lipinski definition) is 0. The van der Waals surface area contributed by atoms with Gasteiger partial charge in [-0.1, -0.05) is 6.92 Å². The predicted molar refractivity (Wildman–Crippen MR) is 62.7 cm³/mol. The Balaban J connectivity index is 1.89. The molecule has 0 amide bonds. The van der Waals surface area contributed by atoms with E-state index in [2.05, 4.69) is 22.7 Å². The number of hydrogen-bond acceptors (Lipinski definition) is 2. The zero-order chi connectivity index (χ0) is 11.0. The summed E-state index contributed by atoms with van der Waals surface area (Å²) < 4.78 is 8.02. The Morgan fingerprint density at radius 3 is 3.12 bits per heavy atom. The Morgan fingerprint density at radius 1 is 1.38 bits per heavy atom. The lowest BCUT2D eigenvalue weighted by Crippen LogP contribution is -2.22. The quantitative estimate of drug-likeness (QED) is 0.727. The summed E-state index contributed by atoms with van der Waals surface area (Å²) in [5.74, 6) is 2.49. The lowest BCUT2D eigenvalue weighted by atomic mass is 9.97.